The largest absolute Gasteiger partial charge is 0.341 e. The smallest absolute Gasteiger partial charge is 0.242 e. The summed E-state index contributed by atoms with van der Waals surface area (Å²) in [5.41, 5.74) is 4.38. The van der Waals surface area contributed by atoms with Gasteiger partial charge in [0.1, 0.15) is 12.0 Å². The Labute approximate surface area is 238 Å². The van der Waals surface area contributed by atoms with Gasteiger partial charge in [-0.3, -0.25) is 14.6 Å². The Morgan fingerprint density at radius 3 is 2.42 bits per heavy atom. The Morgan fingerprint density at radius 1 is 1.15 bits per heavy atom. The summed E-state index contributed by atoms with van der Waals surface area (Å²) in [6.07, 6.45) is 8.44. The summed E-state index contributed by atoms with van der Waals surface area (Å²) in [5.74, 6) is -0.324. The summed E-state index contributed by atoms with van der Waals surface area (Å²) in [4.78, 5) is 28.5. The van der Waals surface area contributed by atoms with Crippen LogP contribution in [0.3, 0.4) is 0 Å². The monoisotopic (exact) mass is 557 g/mol. The lowest BCUT2D eigenvalue weighted by Gasteiger charge is -2.53. The number of hydrazine groups is 1. The number of benzene rings is 1. The van der Waals surface area contributed by atoms with Gasteiger partial charge >= 0.3 is 0 Å². The molecule has 7 nitrogen and oxygen atoms in total. The highest BCUT2D eigenvalue weighted by Crippen LogP contribution is 2.29. The first-order chi connectivity index (χ1) is 19.2. The number of hydrogen-bond acceptors (Lipinski definition) is 5. The number of hydrogen-bond donors (Lipinski definition) is 1. The van der Waals surface area contributed by atoms with Gasteiger partial charge in [0.15, 0.2) is 0 Å². The first-order valence-electron chi connectivity index (χ1n) is 13.9. The highest BCUT2D eigenvalue weighted by molar-refractivity contribution is 5.79. The second-order valence-electron chi connectivity index (χ2n) is 10.0. The summed E-state index contributed by atoms with van der Waals surface area (Å²) >= 11 is 0. The lowest BCUT2D eigenvalue weighted by Crippen LogP contribution is -2.68. The second kappa shape index (κ2) is 16.7. The number of piperazine rings is 1. The van der Waals surface area contributed by atoms with Gasteiger partial charge in [0, 0.05) is 25.8 Å². The predicted octanol–water partition coefficient (Wildman–Crippen LogP) is 5.16. The third-order valence-electron chi connectivity index (χ3n) is 7.10. The Morgan fingerprint density at radius 2 is 1.85 bits per heavy atom. The molecule has 1 N–H and O–H groups in total. The Hall–Kier alpha value is -3.30. The van der Waals surface area contributed by atoms with E-state index in [1.807, 2.05) is 19.1 Å². The van der Waals surface area contributed by atoms with Gasteiger partial charge in [-0.15, -0.1) is 0 Å². The van der Waals surface area contributed by atoms with Gasteiger partial charge in [0.05, 0.1) is 25.5 Å². The fourth-order valence-corrected chi connectivity index (χ4v) is 4.77. The Bertz CT molecular complexity index is 1080. The molecule has 0 radical (unpaired) electrons. The molecular weight excluding hydrogens is 512 g/mol. The molecule has 1 aromatic carbocycles. The quantitative estimate of drug-likeness (QED) is 0.301. The third-order valence-corrected chi connectivity index (χ3v) is 7.10. The molecule has 40 heavy (non-hydrogen) atoms. The van der Waals surface area contributed by atoms with E-state index in [-0.39, 0.29) is 30.3 Å². The van der Waals surface area contributed by atoms with E-state index in [4.69, 9.17) is 0 Å². The lowest BCUT2D eigenvalue weighted by molar-refractivity contribution is -0.171. The van der Waals surface area contributed by atoms with Gasteiger partial charge in [-0.2, -0.15) is 0 Å². The van der Waals surface area contributed by atoms with Crippen LogP contribution in [0.1, 0.15) is 52.0 Å². The van der Waals surface area contributed by atoms with Crippen LogP contribution in [0.5, 0.6) is 0 Å². The number of carbonyl (C=O) groups excluding carboxylic acids is 2. The maximum Gasteiger partial charge on any atom is 0.242 e. The molecule has 2 fully saturated rings. The van der Waals surface area contributed by atoms with Crippen molar-refractivity contribution in [3.63, 3.8) is 0 Å². The number of fused-ring (bicyclic) bond motifs is 1. The highest BCUT2D eigenvalue weighted by Gasteiger charge is 2.41. The molecule has 0 spiro atoms. The number of nitrogens with zero attached hydrogens (tertiary/aromatic N) is 4. The van der Waals surface area contributed by atoms with Gasteiger partial charge in [-0.1, -0.05) is 56.7 Å². The standard InChI is InChI=1S/C23H35FN4O2.C8H10FN/c1-6-9-18(4)21-14-25(5)28(17-29)22-15-26(23(30)16-27(21)22)13-12-19(7-2)10-11-20(24)8-3;1-10-6-7-2-4-8(9)5-3-7/h7,10-11,17,22H,2,6,8-9,12-16H2,1,3-5H3;2-5,10H,6H2,1H3/b19-10+,20-11+,21-18+;. The third kappa shape index (κ3) is 9.41. The molecule has 2 heterocycles. The molecule has 0 aromatic heterocycles. The van der Waals surface area contributed by atoms with E-state index in [1.165, 1.54) is 23.8 Å². The normalized spacial score (nSPS) is 19.6. The zero-order valence-corrected chi connectivity index (χ0v) is 24.6. The summed E-state index contributed by atoms with van der Waals surface area (Å²) in [6.45, 7) is 12.4. The second-order valence-corrected chi connectivity index (χ2v) is 10.0. The van der Waals surface area contributed by atoms with E-state index in [9.17, 15) is 18.4 Å². The molecule has 9 heteroatoms. The molecule has 3 rings (SSSR count). The zero-order valence-electron chi connectivity index (χ0n) is 24.6. The van der Waals surface area contributed by atoms with Crippen molar-refractivity contribution < 1.29 is 18.4 Å². The number of amides is 2. The summed E-state index contributed by atoms with van der Waals surface area (Å²) in [5, 5.41) is 6.57. The first kappa shape index (κ1) is 32.9. The molecule has 0 bridgehead atoms. The van der Waals surface area contributed by atoms with Crippen molar-refractivity contribution in [2.24, 2.45) is 0 Å². The molecule has 2 aliphatic heterocycles. The molecule has 1 unspecified atom stereocenters. The molecule has 2 saturated heterocycles. The van der Waals surface area contributed by atoms with Gasteiger partial charge in [0.25, 0.3) is 0 Å². The average Bonchev–Trinajstić information content (AvgIpc) is 2.94. The van der Waals surface area contributed by atoms with Crippen molar-refractivity contribution in [2.45, 2.75) is 59.2 Å². The van der Waals surface area contributed by atoms with Crippen LogP contribution in [0.2, 0.25) is 0 Å². The van der Waals surface area contributed by atoms with Crippen LogP contribution in [-0.2, 0) is 16.1 Å². The fourth-order valence-electron chi connectivity index (χ4n) is 4.77. The fraction of sp³-hybridized carbons (Fsp3) is 0.484. The van der Waals surface area contributed by atoms with E-state index in [2.05, 4.69) is 30.6 Å². The minimum atomic E-state index is -0.214. The van der Waals surface area contributed by atoms with Gasteiger partial charge in [0.2, 0.25) is 12.3 Å². The summed E-state index contributed by atoms with van der Waals surface area (Å²) in [6, 6.07) is 6.47. The number of likely N-dealkylation sites (N-methyl/N-ethyl adjacent to an activating group) is 1. The maximum absolute atomic E-state index is 13.4. The Balaban J connectivity index is 0.000000469. The van der Waals surface area contributed by atoms with Crippen LogP contribution in [0.25, 0.3) is 0 Å². The molecule has 0 aliphatic carbocycles. The molecular formula is C31H45F2N5O2. The maximum atomic E-state index is 13.4. The number of rotatable bonds is 11. The van der Waals surface area contributed by atoms with Crippen molar-refractivity contribution in [1.82, 2.24) is 25.1 Å². The van der Waals surface area contributed by atoms with Crippen LogP contribution in [0.4, 0.5) is 8.78 Å². The van der Waals surface area contributed by atoms with Crippen LogP contribution >= 0.6 is 0 Å². The van der Waals surface area contributed by atoms with Crippen molar-refractivity contribution >= 4 is 12.3 Å². The van der Waals surface area contributed by atoms with Gasteiger partial charge in [-0.05, 0) is 62.6 Å². The number of allylic oxidation sites excluding steroid dienone is 5. The molecule has 0 saturated carbocycles. The molecule has 1 aromatic rings. The first-order valence-corrected chi connectivity index (χ1v) is 13.9. The van der Waals surface area contributed by atoms with Gasteiger partial charge < -0.3 is 15.1 Å². The molecule has 1 atom stereocenters. The van der Waals surface area contributed by atoms with Crippen molar-refractivity contribution in [2.75, 3.05) is 40.3 Å². The predicted molar refractivity (Wildman–Crippen MR) is 157 cm³/mol. The van der Waals surface area contributed by atoms with Crippen LogP contribution in [-0.4, -0.2) is 78.6 Å². The van der Waals surface area contributed by atoms with Crippen LogP contribution < -0.4 is 5.32 Å². The van der Waals surface area contributed by atoms with E-state index in [0.29, 0.717) is 32.5 Å². The van der Waals surface area contributed by atoms with Crippen LogP contribution in [0, 0.1) is 5.82 Å². The van der Waals surface area contributed by atoms with Crippen molar-refractivity contribution in [3.8, 4) is 0 Å². The topological polar surface area (TPSA) is 59.1 Å². The number of carbonyl (C=O) groups is 2. The highest BCUT2D eigenvalue weighted by atomic mass is 19.1. The van der Waals surface area contributed by atoms with E-state index < -0.39 is 0 Å². The Kier molecular flexibility index (Phi) is 13.8. The molecule has 220 valence electrons. The number of halogens is 2. The summed E-state index contributed by atoms with van der Waals surface area (Å²) in [7, 11) is 3.77. The lowest BCUT2D eigenvalue weighted by atomic mass is 10.1. The van der Waals surface area contributed by atoms with E-state index in [0.717, 1.165) is 42.6 Å². The minimum absolute atomic E-state index is 0.0437. The summed E-state index contributed by atoms with van der Waals surface area (Å²) < 4.78 is 25.7. The number of nitrogens with one attached hydrogen (secondary N) is 1. The average molecular weight is 558 g/mol. The molecule has 2 amide bonds. The van der Waals surface area contributed by atoms with E-state index in [1.54, 1.807) is 41.1 Å². The van der Waals surface area contributed by atoms with Crippen molar-refractivity contribution in [3.05, 3.63) is 83.1 Å². The minimum Gasteiger partial charge on any atom is -0.341 e. The van der Waals surface area contributed by atoms with Gasteiger partial charge in [-0.25, -0.2) is 13.8 Å². The zero-order chi connectivity index (χ0) is 29.7. The van der Waals surface area contributed by atoms with Crippen LogP contribution in [0.15, 0.2) is 71.7 Å². The SMILES string of the molecule is C=C/C(=C\C=C(\F)CC)CCN1CC2N(CC1=O)/C(=C(\C)CCC)CN(C)N2C=O.CNCc1ccc(F)cc1. The molecule has 2 aliphatic rings. The van der Waals surface area contributed by atoms with Crippen molar-refractivity contribution in [1.29, 1.82) is 0 Å². The van der Waals surface area contributed by atoms with E-state index >= 15 is 0 Å².